The molecular weight excluding hydrogens is 236 g/mol. The summed E-state index contributed by atoms with van der Waals surface area (Å²) in [5.74, 6) is 1.91. The highest BCUT2D eigenvalue weighted by molar-refractivity contribution is 5.98. The number of carbonyl (C=O) groups is 2. The molecular formula is C17H20O2. The van der Waals surface area contributed by atoms with Crippen molar-refractivity contribution in [3.63, 3.8) is 0 Å². The van der Waals surface area contributed by atoms with Gasteiger partial charge in [0.05, 0.1) is 0 Å². The fourth-order valence-corrected chi connectivity index (χ4v) is 5.11. The predicted octanol–water partition coefficient (Wildman–Crippen LogP) is 3.37. The summed E-state index contributed by atoms with van der Waals surface area (Å²) in [6.45, 7) is 2.19. The first-order valence-corrected chi connectivity index (χ1v) is 7.58. The molecule has 19 heavy (non-hydrogen) atoms. The van der Waals surface area contributed by atoms with Gasteiger partial charge in [-0.25, -0.2) is 0 Å². The smallest absolute Gasteiger partial charge is 0.160 e. The molecule has 2 nitrogen and oxygen atoms in total. The first-order chi connectivity index (χ1) is 9.09. The highest BCUT2D eigenvalue weighted by Gasteiger charge is 2.53. The van der Waals surface area contributed by atoms with Crippen LogP contribution in [0.3, 0.4) is 0 Å². The highest BCUT2D eigenvalue weighted by atomic mass is 16.1. The number of carbonyl (C=O) groups excluding carboxylic acids is 2. The van der Waals surface area contributed by atoms with Gasteiger partial charge >= 0.3 is 0 Å². The molecule has 0 heterocycles. The van der Waals surface area contributed by atoms with Gasteiger partial charge in [0.25, 0.3) is 0 Å². The number of ketones is 2. The second-order valence-corrected chi connectivity index (χ2v) is 6.95. The third kappa shape index (κ3) is 1.43. The van der Waals surface area contributed by atoms with Crippen LogP contribution in [0.1, 0.15) is 51.9 Å². The van der Waals surface area contributed by atoms with Crippen molar-refractivity contribution >= 4 is 11.6 Å². The van der Waals surface area contributed by atoms with E-state index in [1.54, 1.807) is 5.57 Å². The molecule has 2 heteroatoms. The lowest BCUT2D eigenvalue weighted by Gasteiger charge is -2.45. The van der Waals surface area contributed by atoms with Crippen LogP contribution in [0.4, 0.5) is 0 Å². The Kier molecular flexibility index (Phi) is 2.25. The molecule has 4 aliphatic rings. The molecule has 2 fully saturated rings. The SMILES string of the molecule is C[C@]12CCC3=C4CC(=O)C=C4CC[C@H]3[C@@H]1CCC2=O. The van der Waals surface area contributed by atoms with E-state index in [4.69, 9.17) is 0 Å². The van der Waals surface area contributed by atoms with Gasteiger partial charge in [-0.2, -0.15) is 0 Å². The Bertz CT molecular complexity index is 552. The zero-order valence-electron chi connectivity index (χ0n) is 11.5. The summed E-state index contributed by atoms with van der Waals surface area (Å²) in [7, 11) is 0. The van der Waals surface area contributed by atoms with Crippen LogP contribution in [-0.2, 0) is 9.59 Å². The zero-order chi connectivity index (χ0) is 13.2. The van der Waals surface area contributed by atoms with Crippen molar-refractivity contribution in [2.45, 2.75) is 51.9 Å². The van der Waals surface area contributed by atoms with Crippen LogP contribution in [0, 0.1) is 17.3 Å². The van der Waals surface area contributed by atoms with Crippen molar-refractivity contribution < 1.29 is 9.59 Å². The van der Waals surface area contributed by atoms with Gasteiger partial charge < -0.3 is 0 Å². The van der Waals surface area contributed by atoms with Gasteiger partial charge in [-0.15, -0.1) is 0 Å². The fraction of sp³-hybridized carbons (Fsp3) is 0.647. The van der Waals surface area contributed by atoms with Gasteiger partial charge in [0.1, 0.15) is 5.78 Å². The molecule has 0 radical (unpaired) electrons. The Morgan fingerprint density at radius 3 is 2.84 bits per heavy atom. The third-order valence-corrected chi connectivity index (χ3v) is 6.17. The minimum absolute atomic E-state index is 0.0570. The minimum atomic E-state index is -0.0570. The van der Waals surface area contributed by atoms with Gasteiger partial charge in [-0.05, 0) is 61.2 Å². The average molecular weight is 256 g/mol. The molecule has 0 spiro atoms. The van der Waals surface area contributed by atoms with E-state index in [1.807, 2.05) is 6.08 Å². The van der Waals surface area contributed by atoms with Crippen LogP contribution in [-0.4, -0.2) is 11.6 Å². The summed E-state index contributed by atoms with van der Waals surface area (Å²) < 4.78 is 0. The molecule has 4 aliphatic carbocycles. The molecule has 0 N–H and O–H groups in total. The molecule has 2 saturated carbocycles. The van der Waals surface area contributed by atoms with Crippen LogP contribution in [0.25, 0.3) is 0 Å². The topological polar surface area (TPSA) is 34.1 Å². The molecule has 0 aliphatic heterocycles. The lowest BCUT2D eigenvalue weighted by atomic mass is 9.58. The number of rotatable bonds is 0. The van der Waals surface area contributed by atoms with Crippen molar-refractivity contribution in [3.05, 3.63) is 22.8 Å². The second kappa shape index (κ2) is 3.68. The maximum Gasteiger partial charge on any atom is 0.160 e. The Hall–Kier alpha value is -1.18. The van der Waals surface area contributed by atoms with Gasteiger partial charge in [0.15, 0.2) is 5.78 Å². The van der Waals surface area contributed by atoms with Crippen molar-refractivity contribution in [2.24, 2.45) is 17.3 Å². The molecule has 0 unspecified atom stereocenters. The Labute approximate surface area is 113 Å². The van der Waals surface area contributed by atoms with E-state index < -0.39 is 0 Å². The summed E-state index contributed by atoms with van der Waals surface area (Å²) in [6, 6.07) is 0. The van der Waals surface area contributed by atoms with Gasteiger partial charge in [-0.1, -0.05) is 12.5 Å². The molecule has 0 aromatic carbocycles. The van der Waals surface area contributed by atoms with E-state index in [-0.39, 0.29) is 11.2 Å². The highest BCUT2D eigenvalue weighted by Crippen LogP contribution is 2.58. The van der Waals surface area contributed by atoms with Crippen molar-refractivity contribution in [2.75, 3.05) is 0 Å². The summed E-state index contributed by atoms with van der Waals surface area (Å²) in [4.78, 5) is 23.9. The lowest BCUT2D eigenvalue weighted by Crippen LogP contribution is -2.39. The zero-order valence-corrected chi connectivity index (χ0v) is 11.5. The number of fused-ring (bicyclic) bond motifs is 4. The normalized spacial score (nSPS) is 41.0. The largest absolute Gasteiger partial charge is 0.299 e. The van der Waals surface area contributed by atoms with Crippen LogP contribution in [0.5, 0.6) is 0 Å². The Morgan fingerprint density at radius 1 is 1.16 bits per heavy atom. The molecule has 0 aromatic heterocycles. The summed E-state index contributed by atoms with van der Waals surface area (Å²) in [5, 5.41) is 0. The van der Waals surface area contributed by atoms with E-state index in [2.05, 4.69) is 6.92 Å². The first kappa shape index (κ1) is 11.6. The van der Waals surface area contributed by atoms with Crippen molar-refractivity contribution in [3.8, 4) is 0 Å². The molecule has 0 aromatic rings. The summed E-state index contributed by atoms with van der Waals surface area (Å²) >= 11 is 0. The predicted molar refractivity (Wildman–Crippen MR) is 72.5 cm³/mol. The van der Waals surface area contributed by atoms with Crippen LogP contribution in [0.2, 0.25) is 0 Å². The summed E-state index contributed by atoms with van der Waals surface area (Å²) in [6.07, 6.45) is 8.62. The van der Waals surface area contributed by atoms with Crippen LogP contribution >= 0.6 is 0 Å². The van der Waals surface area contributed by atoms with E-state index in [0.29, 0.717) is 24.0 Å². The number of allylic oxidation sites excluding steroid dienone is 4. The van der Waals surface area contributed by atoms with Crippen molar-refractivity contribution in [1.82, 2.24) is 0 Å². The molecule has 0 amide bonds. The minimum Gasteiger partial charge on any atom is -0.299 e. The fourth-order valence-electron chi connectivity index (χ4n) is 5.11. The molecule has 4 rings (SSSR count). The van der Waals surface area contributed by atoms with E-state index in [0.717, 1.165) is 38.5 Å². The van der Waals surface area contributed by atoms with Gasteiger partial charge in [0.2, 0.25) is 0 Å². The maximum atomic E-state index is 12.2. The number of Topliss-reactive ketones (excluding diaryl/α,β-unsaturated/α-hetero) is 1. The average Bonchev–Trinajstić information content (AvgIpc) is 2.90. The Morgan fingerprint density at radius 2 is 2.00 bits per heavy atom. The first-order valence-electron chi connectivity index (χ1n) is 7.58. The summed E-state index contributed by atoms with van der Waals surface area (Å²) in [5.41, 5.74) is 4.16. The maximum absolute atomic E-state index is 12.2. The quantitative estimate of drug-likeness (QED) is 0.666. The lowest BCUT2D eigenvalue weighted by molar-refractivity contribution is -0.128. The van der Waals surface area contributed by atoms with E-state index >= 15 is 0 Å². The second-order valence-electron chi connectivity index (χ2n) is 6.95. The van der Waals surface area contributed by atoms with Crippen LogP contribution < -0.4 is 0 Å². The third-order valence-electron chi connectivity index (χ3n) is 6.17. The van der Waals surface area contributed by atoms with E-state index in [9.17, 15) is 9.59 Å². The monoisotopic (exact) mass is 256 g/mol. The van der Waals surface area contributed by atoms with Crippen LogP contribution in [0.15, 0.2) is 22.8 Å². The van der Waals surface area contributed by atoms with Gasteiger partial charge in [0, 0.05) is 18.3 Å². The molecule has 0 saturated heterocycles. The molecule has 3 atom stereocenters. The van der Waals surface area contributed by atoms with E-state index in [1.165, 1.54) is 11.1 Å². The number of hydrogen-bond donors (Lipinski definition) is 0. The number of hydrogen-bond acceptors (Lipinski definition) is 2. The standard InChI is InChI=1S/C17H20O2/c1-17-7-6-12-13(15(17)4-5-16(17)19)3-2-10-8-11(18)9-14(10)12/h8,13,15H,2-7,9H2,1H3/t13-,15+,17+/m1/s1. The molecule has 100 valence electrons. The van der Waals surface area contributed by atoms with Crippen molar-refractivity contribution in [1.29, 1.82) is 0 Å². The van der Waals surface area contributed by atoms with Gasteiger partial charge in [-0.3, -0.25) is 9.59 Å². The Balaban J connectivity index is 1.77. The molecule has 0 bridgehead atoms.